The summed E-state index contributed by atoms with van der Waals surface area (Å²) in [7, 11) is 0. The molecule has 0 radical (unpaired) electrons. The van der Waals surface area contributed by atoms with Crippen LogP contribution in [0.5, 0.6) is 0 Å². The highest BCUT2D eigenvalue weighted by atomic mass is 16.6. The number of esters is 1. The van der Waals surface area contributed by atoms with Crippen LogP contribution in [0.15, 0.2) is 24.3 Å². The molecule has 0 amide bonds. The number of aliphatic carboxylic acids is 1. The summed E-state index contributed by atoms with van der Waals surface area (Å²) in [4.78, 5) is 22.8. The van der Waals surface area contributed by atoms with Crippen molar-refractivity contribution in [3.8, 4) is 0 Å². The van der Waals surface area contributed by atoms with E-state index >= 15 is 0 Å². The number of carboxylic acid groups (broad SMARTS) is 1. The van der Waals surface area contributed by atoms with Gasteiger partial charge in [-0.05, 0) is 45.4 Å². The Labute approximate surface area is 112 Å². The van der Waals surface area contributed by atoms with Crippen LogP contribution in [0, 0.1) is 0 Å². The first-order valence-corrected chi connectivity index (χ1v) is 5.90. The van der Waals surface area contributed by atoms with Gasteiger partial charge in [0.05, 0.1) is 5.56 Å². The predicted molar refractivity (Wildman–Crippen MR) is 70.8 cm³/mol. The van der Waals surface area contributed by atoms with Crippen molar-refractivity contribution >= 4 is 11.9 Å². The van der Waals surface area contributed by atoms with Crippen molar-refractivity contribution in [1.82, 2.24) is 0 Å². The molecule has 1 aromatic rings. The number of rotatable bonds is 3. The second-order valence-corrected chi connectivity index (χ2v) is 5.59. The van der Waals surface area contributed by atoms with Gasteiger partial charge in [0.1, 0.15) is 11.1 Å². The van der Waals surface area contributed by atoms with E-state index in [1.807, 2.05) is 0 Å². The fraction of sp³-hybridized carbons (Fsp3) is 0.429. The average Bonchev–Trinajstić information content (AvgIpc) is 2.26. The molecule has 0 aliphatic carbocycles. The molecule has 5 heteroatoms. The lowest BCUT2D eigenvalue weighted by atomic mass is 9.93. The Hall–Kier alpha value is -1.88. The summed E-state index contributed by atoms with van der Waals surface area (Å²) in [5, 5.41) is 9.01. The monoisotopic (exact) mass is 265 g/mol. The zero-order chi connectivity index (χ0) is 14.8. The highest BCUT2D eigenvalue weighted by molar-refractivity contribution is 5.90. The van der Waals surface area contributed by atoms with Crippen molar-refractivity contribution in [2.45, 2.75) is 38.8 Å². The standard InChI is InChI=1S/C14H19NO4/c1-13(2,3)19-11(16)9-5-7-10(8-6-9)14(4,15)12(17)18/h5-8H,15H2,1-4H3,(H,17,18)/t14-/m0/s1. The third-order valence-electron chi connectivity index (χ3n) is 2.56. The highest BCUT2D eigenvalue weighted by Gasteiger charge is 2.30. The topological polar surface area (TPSA) is 89.6 Å². The number of nitrogens with two attached hydrogens (primary N) is 1. The maximum absolute atomic E-state index is 11.8. The van der Waals surface area contributed by atoms with Crippen molar-refractivity contribution < 1.29 is 19.4 Å². The first-order valence-electron chi connectivity index (χ1n) is 5.90. The molecule has 0 aliphatic rings. The second kappa shape index (κ2) is 5.01. The van der Waals surface area contributed by atoms with Crippen molar-refractivity contribution in [3.05, 3.63) is 35.4 Å². The lowest BCUT2D eigenvalue weighted by Crippen LogP contribution is -2.41. The van der Waals surface area contributed by atoms with Gasteiger partial charge >= 0.3 is 11.9 Å². The van der Waals surface area contributed by atoms with E-state index in [9.17, 15) is 9.59 Å². The molecule has 0 saturated heterocycles. The Morgan fingerprint density at radius 1 is 1.11 bits per heavy atom. The number of hydrogen-bond donors (Lipinski definition) is 2. The molecule has 0 saturated carbocycles. The summed E-state index contributed by atoms with van der Waals surface area (Å²) in [6.45, 7) is 6.74. The molecule has 1 rings (SSSR count). The number of carbonyl (C=O) groups excluding carboxylic acids is 1. The first kappa shape index (κ1) is 15.2. The average molecular weight is 265 g/mol. The van der Waals surface area contributed by atoms with E-state index in [1.165, 1.54) is 31.2 Å². The van der Waals surface area contributed by atoms with E-state index in [1.54, 1.807) is 20.8 Å². The molecular formula is C14H19NO4. The van der Waals surface area contributed by atoms with E-state index in [0.717, 1.165) is 0 Å². The molecule has 0 fully saturated rings. The van der Waals surface area contributed by atoms with E-state index in [0.29, 0.717) is 11.1 Å². The number of carbonyl (C=O) groups is 2. The minimum absolute atomic E-state index is 0.361. The van der Waals surface area contributed by atoms with Crippen molar-refractivity contribution in [3.63, 3.8) is 0 Å². The van der Waals surface area contributed by atoms with Gasteiger partial charge in [-0.1, -0.05) is 12.1 Å². The summed E-state index contributed by atoms with van der Waals surface area (Å²) >= 11 is 0. The van der Waals surface area contributed by atoms with Crippen LogP contribution in [-0.2, 0) is 15.1 Å². The molecule has 104 valence electrons. The minimum atomic E-state index is -1.48. The van der Waals surface area contributed by atoms with Crippen LogP contribution in [0.2, 0.25) is 0 Å². The van der Waals surface area contributed by atoms with Crippen molar-refractivity contribution in [2.75, 3.05) is 0 Å². The fourth-order valence-electron chi connectivity index (χ4n) is 1.41. The van der Waals surface area contributed by atoms with Gasteiger partial charge in [0.2, 0.25) is 0 Å². The molecule has 0 heterocycles. The van der Waals surface area contributed by atoms with Gasteiger partial charge in [0.15, 0.2) is 0 Å². The second-order valence-electron chi connectivity index (χ2n) is 5.59. The predicted octanol–water partition coefficient (Wildman–Crippen LogP) is 1.90. The van der Waals surface area contributed by atoms with Crippen LogP contribution >= 0.6 is 0 Å². The largest absolute Gasteiger partial charge is 0.480 e. The number of hydrogen-bond acceptors (Lipinski definition) is 4. The molecule has 19 heavy (non-hydrogen) atoms. The Bertz CT molecular complexity index is 483. The summed E-state index contributed by atoms with van der Waals surface area (Å²) in [5.41, 5.74) is 4.43. The van der Waals surface area contributed by atoms with Gasteiger partial charge in [-0.15, -0.1) is 0 Å². The molecule has 0 aliphatic heterocycles. The summed E-state index contributed by atoms with van der Waals surface area (Å²) in [6, 6.07) is 6.07. The van der Waals surface area contributed by atoms with Crippen LogP contribution in [0.25, 0.3) is 0 Å². The summed E-state index contributed by atoms with van der Waals surface area (Å²) in [5.74, 6) is -1.58. The van der Waals surface area contributed by atoms with Gasteiger partial charge in [0.25, 0.3) is 0 Å². The lowest BCUT2D eigenvalue weighted by Gasteiger charge is -2.21. The van der Waals surface area contributed by atoms with Gasteiger partial charge < -0.3 is 15.6 Å². The quantitative estimate of drug-likeness (QED) is 0.815. The number of ether oxygens (including phenoxy) is 1. The molecule has 3 N–H and O–H groups in total. The fourth-order valence-corrected chi connectivity index (χ4v) is 1.41. The third kappa shape index (κ3) is 3.79. The van der Waals surface area contributed by atoms with Crippen LogP contribution < -0.4 is 5.73 Å². The number of carboxylic acids is 1. The zero-order valence-electron chi connectivity index (χ0n) is 11.6. The molecular weight excluding hydrogens is 246 g/mol. The smallest absolute Gasteiger partial charge is 0.338 e. The van der Waals surface area contributed by atoms with Crippen LogP contribution in [0.1, 0.15) is 43.6 Å². The molecule has 0 bridgehead atoms. The summed E-state index contributed by atoms with van der Waals surface area (Å²) < 4.78 is 5.21. The molecule has 0 spiro atoms. The van der Waals surface area contributed by atoms with Crippen LogP contribution in [0.3, 0.4) is 0 Å². The van der Waals surface area contributed by atoms with Crippen molar-refractivity contribution in [1.29, 1.82) is 0 Å². The third-order valence-corrected chi connectivity index (χ3v) is 2.56. The molecule has 1 atom stereocenters. The maximum Gasteiger partial charge on any atom is 0.338 e. The summed E-state index contributed by atoms with van der Waals surface area (Å²) in [6.07, 6.45) is 0. The normalized spacial score (nSPS) is 14.6. The van der Waals surface area contributed by atoms with E-state index in [2.05, 4.69) is 0 Å². The minimum Gasteiger partial charge on any atom is -0.480 e. The van der Waals surface area contributed by atoms with Gasteiger partial charge in [0, 0.05) is 0 Å². The zero-order valence-corrected chi connectivity index (χ0v) is 11.6. The van der Waals surface area contributed by atoms with Crippen LogP contribution in [-0.4, -0.2) is 22.6 Å². The van der Waals surface area contributed by atoms with E-state index in [-0.39, 0.29) is 0 Å². The molecule has 5 nitrogen and oxygen atoms in total. The van der Waals surface area contributed by atoms with Gasteiger partial charge in [-0.25, -0.2) is 9.59 Å². The van der Waals surface area contributed by atoms with Gasteiger partial charge in [-0.2, -0.15) is 0 Å². The molecule has 0 aromatic heterocycles. The molecule has 1 aromatic carbocycles. The van der Waals surface area contributed by atoms with E-state index in [4.69, 9.17) is 15.6 Å². The Morgan fingerprint density at radius 2 is 1.58 bits per heavy atom. The van der Waals surface area contributed by atoms with Gasteiger partial charge in [-0.3, -0.25) is 0 Å². The Balaban J connectivity index is 2.94. The van der Waals surface area contributed by atoms with Crippen LogP contribution in [0.4, 0.5) is 0 Å². The Kier molecular flexibility index (Phi) is 4.00. The van der Waals surface area contributed by atoms with Crippen molar-refractivity contribution in [2.24, 2.45) is 5.73 Å². The highest BCUT2D eigenvalue weighted by Crippen LogP contribution is 2.19. The number of benzene rings is 1. The van der Waals surface area contributed by atoms with E-state index < -0.39 is 23.1 Å². The SMILES string of the molecule is CC(C)(C)OC(=O)c1ccc([C@](C)(N)C(=O)O)cc1. The Morgan fingerprint density at radius 3 is 1.95 bits per heavy atom. The lowest BCUT2D eigenvalue weighted by molar-refractivity contribution is -0.143. The maximum atomic E-state index is 11.8. The molecule has 0 unspecified atom stereocenters. The first-order chi connectivity index (χ1) is 8.54.